The summed E-state index contributed by atoms with van der Waals surface area (Å²) >= 11 is 1.78. The molecular weight excluding hydrogens is 262 g/mol. The third-order valence-electron chi connectivity index (χ3n) is 3.80. The van der Waals surface area contributed by atoms with Crippen LogP contribution in [0, 0.1) is 13.8 Å². The molecule has 0 atom stereocenters. The van der Waals surface area contributed by atoms with Crippen LogP contribution in [0.15, 0.2) is 53.9 Å². The number of nitrogens with zero attached hydrogens (tertiary/aromatic N) is 1. The Morgan fingerprint density at radius 3 is 1.90 bits per heavy atom. The fourth-order valence-corrected chi connectivity index (χ4v) is 3.64. The van der Waals surface area contributed by atoms with Gasteiger partial charge in [0, 0.05) is 10.8 Å². The molecule has 0 unspecified atom stereocenters. The van der Waals surface area contributed by atoms with E-state index in [9.17, 15) is 0 Å². The van der Waals surface area contributed by atoms with Crippen LogP contribution in [0.5, 0.6) is 0 Å². The molecule has 98 valence electrons. The molecule has 1 nitrogen and oxygen atoms in total. The summed E-state index contributed by atoms with van der Waals surface area (Å²) < 4.78 is 2.37. The van der Waals surface area contributed by atoms with E-state index in [1.54, 1.807) is 11.3 Å². The van der Waals surface area contributed by atoms with Gasteiger partial charge >= 0.3 is 0 Å². The van der Waals surface area contributed by atoms with Gasteiger partial charge in [-0.1, -0.05) is 23.3 Å². The van der Waals surface area contributed by atoms with Gasteiger partial charge in [0.25, 0.3) is 0 Å². The zero-order valence-corrected chi connectivity index (χ0v) is 12.4. The molecule has 0 N–H and O–H groups in total. The quantitative estimate of drug-likeness (QED) is 0.435. The number of benzene rings is 2. The summed E-state index contributed by atoms with van der Waals surface area (Å²) in [5, 5.41) is 6.10. The minimum atomic E-state index is 1.28. The third-order valence-corrected chi connectivity index (χ3v) is 4.66. The highest BCUT2D eigenvalue weighted by Gasteiger charge is 2.12. The first kappa shape index (κ1) is 11.7. The Kier molecular flexibility index (Phi) is 2.48. The van der Waals surface area contributed by atoms with Crippen LogP contribution in [0.3, 0.4) is 0 Å². The Morgan fingerprint density at radius 2 is 1.40 bits per heavy atom. The predicted molar refractivity (Wildman–Crippen MR) is 88.1 cm³/mol. The van der Waals surface area contributed by atoms with E-state index in [-0.39, 0.29) is 0 Å². The van der Waals surface area contributed by atoms with Crippen LogP contribution in [0.2, 0.25) is 0 Å². The normalized spacial score (nSPS) is 11.5. The van der Waals surface area contributed by atoms with Crippen LogP contribution >= 0.6 is 11.3 Å². The van der Waals surface area contributed by atoms with Crippen LogP contribution in [0.25, 0.3) is 26.8 Å². The fourth-order valence-electron chi connectivity index (χ4n) is 2.89. The first-order chi connectivity index (χ1) is 9.74. The number of aryl methyl sites for hydroxylation is 2. The monoisotopic (exact) mass is 277 g/mol. The Bertz CT molecular complexity index is 854. The van der Waals surface area contributed by atoms with Gasteiger partial charge < -0.3 is 4.57 Å². The number of aromatic nitrogens is 1. The second-order valence-corrected chi connectivity index (χ2v) is 6.25. The molecular formula is C18H15NS. The van der Waals surface area contributed by atoms with Crippen LogP contribution in [-0.2, 0) is 0 Å². The molecule has 0 radical (unpaired) electrons. The molecule has 2 aromatic carbocycles. The SMILES string of the molecule is Cc1ccc2c(c1)c1cc(C)ccc1n2-c1cccs1. The molecule has 2 heterocycles. The van der Waals surface area contributed by atoms with Gasteiger partial charge in [0.2, 0.25) is 0 Å². The standard InChI is InChI=1S/C18H15NS/c1-12-5-7-16-14(10-12)15-11-13(2)6-8-17(15)19(16)18-4-3-9-20-18/h3-11H,1-2H3. The van der Waals surface area contributed by atoms with Gasteiger partial charge in [-0.25, -0.2) is 0 Å². The second-order valence-electron chi connectivity index (χ2n) is 5.33. The van der Waals surface area contributed by atoms with Gasteiger partial charge in [0.15, 0.2) is 0 Å². The number of thiophene rings is 1. The lowest BCUT2D eigenvalue weighted by atomic mass is 10.1. The molecule has 0 spiro atoms. The summed E-state index contributed by atoms with van der Waals surface area (Å²) in [7, 11) is 0. The highest BCUT2D eigenvalue weighted by atomic mass is 32.1. The highest BCUT2D eigenvalue weighted by Crippen LogP contribution is 2.34. The lowest BCUT2D eigenvalue weighted by Gasteiger charge is -2.04. The van der Waals surface area contributed by atoms with Crippen molar-refractivity contribution in [3.05, 3.63) is 65.0 Å². The molecule has 2 heteroatoms. The van der Waals surface area contributed by atoms with Crippen molar-refractivity contribution in [2.75, 3.05) is 0 Å². The summed E-state index contributed by atoms with van der Waals surface area (Å²) in [6.45, 7) is 4.31. The van der Waals surface area contributed by atoms with E-state index in [4.69, 9.17) is 0 Å². The maximum atomic E-state index is 2.37. The first-order valence-electron chi connectivity index (χ1n) is 6.79. The van der Waals surface area contributed by atoms with Crippen LogP contribution in [0.1, 0.15) is 11.1 Å². The first-order valence-corrected chi connectivity index (χ1v) is 7.67. The Hall–Kier alpha value is -2.06. The van der Waals surface area contributed by atoms with Gasteiger partial charge in [-0.15, -0.1) is 11.3 Å². The van der Waals surface area contributed by atoms with Crippen molar-refractivity contribution in [1.82, 2.24) is 4.57 Å². The smallest absolute Gasteiger partial charge is 0.0999 e. The van der Waals surface area contributed by atoms with Gasteiger partial charge in [0.1, 0.15) is 0 Å². The molecule has 0 amide bonds. The predicted octanol–water partition coefficient (Wildman–Crippen LogP) is 5.46. The maximum Gasteiger partial charge on any atom is 0.0999 e. The van der Waals surface area contributed by atoms with Crippen molar-refractivity contribution in [1.29, 1.82) is 0 Å². The van der Waals surface area contributed by atoms with E-state index in [2.05, 4.69) is 72.3 Å². The highest BCUT2D eigenvalue weighted by molar-refractivity contribution is 7.12. The molecule has 4 rings (SSSR count). The fraction of sp³-hybridized carbons (Fsp3) is 0.111. The number of hydrogen-bond donors (Lipinski definition) is 0. The van der Waals surface area contributed by atoms with Gasteiger partial charge in [-0.2, -0.15) is 0 Å². The largest absolute Gasteiger partial charge is 0.301 e. The average molecular weight is 277 g/mol. The minimum Gasteiger partial charge on any atom is -0.301 e. The van der Waals surface area contributed by atoms with Gasteiger partial charge in [0.05, 0.1) is 16.0 Å². The topological polar surface area (TPSA) is 4.93 Å². The van der Waals surface area contributed by atoms with E-state index in [0.717, 1.165) is 0 Å². The zero-order valence-electron chi connectivity index (χ0n) is 11.6. The number of fused-ring (bicyclic) bond motifs is 3. The Morgan fingerprint density at radius 1 is 0.800 bits per heavy atom. The van der Waals surface area contributed by atoms with Crippen LogP contribution < -0.4 is 0 Å². The molecule has 4 aromatic rings. The summed E-state index contributed by atoms with van der Waals surface area (Å²) in [6, 6.07) is 17.7. The van der Waals surface area contributed by atoms with Gasteiger partial charge in [-0.3, -0.25) is 0 Å². The van der Waals surface area contributed by atoms with E-state index in [1.807, 2.05) is 0 Å². The number of hydrogen-bond acceptors (Lipinski definition) is 1. The Labute approximate surface area is 122 Å². The van der Waals surface area contributed by atoms with Crippen LogP contribution in [-0.4, -0.2) is 4.57 Å². The van der Waals surface area contributed by atoms with E-state index in [0.29, 0.717) is 0 Å². The van der Waals surface area contributed by atoms with Crippen molar-refractivity contribution in [2.24, 2.45) is 0 Å². The van der Waals surface area contributed by atoms with E-state index >= 15 is 0 Å². The van der Waals surface area contributed by atoms with E-state index < -0.39 is 0 Å². The summed E-state index contributed by atoms with van der Waals surface area (Å²) in [5.74, 6) is 0. The average Bonchev–Trinajstić information content (AvgIpc) is 3.04. The molecule has 0 fully saturated rings. The summed E-state index contributed by atoms with van der Waals surface area (Å²) in [4.78, 5) is 0. The molecule has 0 saturated carbocycles. The van der Waals surface area contributed by atoms with Crippen molar-refractivity contribution in [2.45, 2.75) is 13.8 Å². The summed E-state index contributed by atoms with van der Waals surface area (Å²) in [6.07, 6.45) is 0. The second kappa shape index (κ2) is 4.22. The van der Waals surface area contributed by atoms with E-state index in [1.165, 1.54) is 37.9 Å². The minimum absolute atomic E-state index is 1.28. The lowest BCUT2D eigenvalue weighted by molar-refractivity contribution is 1.22. The Balaban J connectivity index is 2.25. The van der Waals surface area contributed by atoms with Crippen molar-refractivity contribution < 1.29 is 0 Å². The van der Waals surface area contributed by atoms with Crippen LogP contribution in [0.4, 0.5) is 0 Å². The molecule has 2 aromatic heterocycles. The molecule has 0 aliphatic heterocycles. The van der Waals surface area contributed by atoms with Crippen molar-refractivity contribution >= 4 is 33.1 Å². The van der Waals surface area contributed by atoms with Crippen molar-refractivity contribution in [3.8, 4) is 5.00 Å². The lowest BCUT2D eigenvalue weighted by Crippen LogP contribution is -1.89. The molecule has 20 heavy (non-hydrogen) atoms. The number of rotatable bonds is 1. The van der Waals surface area contributed by atoms with Crippen molar-refractivity contribution in [3.63, 3.8) is 0 Å². The zero-order chi connectivity index (χ0) is 13.7. The van der Waals surface area contributed by atoms with Gasteiger partial charge in [-0.05, 0) is 55.6 Å². The summed E-state index contributed by atoms with van der Waals surface area (Å²) in [5.41, 5.74) is 5.20. The maximum absolute atomic E-state index is 2.37. The molecule has 0 aliphatic carbocycles. The molecule has 0 aliphatic rings. The third kappa shape index (κ3) is 1.61. The molecule has 0 saturated heterocycles. The molecule has 0 bridgehead atoms.